The van der Waals surface area contributed by atoms with Crippen molar-refractivity contribution in [3.63, 3.8) is 0 Å². The molecule has 6 heteroatoms. The molecule has 0 bridgehead atoms. The first-order chi connectivity index (χ1) is 12.9. The summed E-state index contributed by atoms with van der Waals surface area (Å²) in [7, 11) is 0. The molecule has 0 aromatic heterocycles. The van der Waals surface area contributed by atoms with Gasteiger partial charge < -0.3 is 10.6 Å². The first-order valence-corrected chi connectivity index (χ1v) is 8.83. The van der Waals surface area contributed by atoms with Gasteiger partial charge in [-0.15, -0.1) is 0 Å². The number of nitro groups is 1. The molecule has 0 unspecified atom stereocenters. The lowest BCUT2D eigenvalue weighted by Crippen LogP contribution is -2.19. The van der Waals surface area contributed by atoms with E-state index < -0.39 is 0 Å². The van der Waals surface area contributed by atoms with Gasteiger partial charge in [-0.1, -0.05) is 30.3 Å². The zero-order valence-corrected chi connectivity index (χ0v) is 15.8. The third kappa shape index (κ3) is 4.68. The number of anilines is 2. The van der Waals surface area contributed by atoms with E-state index in [2.05, 4.69) is 16.7 Å². The monoisotopic (exact) mass is 377 g/mol. The van der Waals surface area contributed by atoms with E-state index >= 15 is 0 Å². The highest BCUT2D eigenvalue weighted by Gasteiger charge is 2.13. The van der Waals surface area contributed by atoms with Gasteiger partial charge in [-0.2, -0.15) is 0 Å². The van der Waals surface area contributed by atoms with E-state index in [4.69, 9.17) is 12.2 Å². The fourth-order valence-electron chi connectivity index (χ4n) is 2.95. The highest BCUT2D eigenvalue weighted by Crippen LogP contribution is 2.30. The third-order valence-electron chi connectivity index (χ3n) is 4.03. The van der Waals surface area contributed by atoms with E-state index in [-0.39, 0.29) is 10.6 Å². The van der Waals surface area contributed by atoms with Crippen molar-refractivity contribution >= 4 is 34.4 Å². The Hall–Kier alpha value is -3.25. The Bertz CT molecular complexity index is 980. The molecule has 3 rings (SSSR count). The van der Waals surface area contributed by atoms with Crippen LogP contribution in [0.15, 0.2) is 66.7 Å². The van der Waals surface area contributed by atoms with Crippen LogP contribution in [0.3, 0.4) is 0 Å². The average molecular weight is 377 g/mol. The molecule has 0 heterocycles. The van der Waals surface area contributed by atoms with E-state index in [9.17, 15) is 10.1 Å². The predicted molar refractivity (Wildman–Crippen MR) is 114 cm³/mol. The summed E-state index contributed by atoms with van der Waals surface area (Å²) in [6, 6.07) is 20.2. The Kier molecular flexibility index (Phi) is 5.47. The van der Waals surface area contributed by atoms with Crippen molar-refractivity contribution in [3.8, 4) is 11.1 Å². The summed E-state index contributed by atoms with van der Waals surface area (Å²) in [6.07, 6.45) is 0. The first-order valence-electron chi connectivity index (χ1n) is 8.42. The molecule has 5 nitrogen and oxygen atoms in total. The number of nitrogens with zero attached hydrogens (tertiary/aromatic N) is 1. The number of nitro benzene ring substituents is 1. The third-order valence-corrected chi connectivity index (χ3v) is 4.24. The summed E-state index contributed by atoms with van der Waals surface area (Å²) < 4.78 is 0. The van der Waals surface area contributed by atoms with Gasteiger partial charge in [-0.25, -0.2) is 0 Å². The van der Waals surface area contributed by atoms with Gasteiger partial charge in [0.25, 0.3) is 5.69 Å². The fourth-order valence-corrected chi connectivity index (χ4v) is 3.19. The lowest BCUT2D eigenvalue weighted by atomic mass is 10.0. The van der Waals surface area contributed by atoms with Crippen LogP contribution >= 0.6 is 12.2 Å². The normalized spacial score (nSPS) is 10.3. The van der Waals surface area contributed by atoms with Gasteiger partial charge in [0, 0.05) is 17.4 Å². The molecule has 0 fully saturated rings. The van der Waals surface area contributed by atoms with Crippen LogP contribution in [0.5, 0.6) is 0 Å². The zero-order valence-electron chi connectivity index (χ0n) is 15.0. The predicted octanol–water partition coefficient (Wildman–Crippen LogP) is 5.69. The van der Waals surface area contributed by atoms with Crippen LogP contribution < -0.4 is 10.6 Å². The summed E-state index contributed by atoms with van der Waals surface area (Å²) in [5.74, 6) is 0. The number of thiocarbonyl (C=S) groups is 1. The van der Waals surface area contributed by atoms with Crippen molar-refractivity contribution in [1.29, 1.82) is 0 Å². The number of aryl methyl sites for hydroxylation is 2. The van der Waals surface area contributed by atoms with Crippen LogP contribution in [-0.2, 0) is 0 Å². The average Bonchev–Trinajstić information content (AvgIpc) is 2.61. The molecular formula is C21H19N3O2S. The van der Waals surface area contributed by atoms with Gasteiger partial charge in [0.1, 0.15) is 0 Å². The summed E-state index contributed by atoms with van der Waals surface area (Å²) in [6.45, 7) is 4.08. The number of rotatable bonds is 4. The summed E-state index contributed by atoms with van der Waals surface area (Å²) in [5, 5.41) is 18.0. The maximum atomic E-state index is 11.2. The first kappa shape index (κ1) is 18.5. The van der Waals surface area contributed by atoms with Crippen molar-refractivity contribution in [2.24, 2.45) is 0 Å². The number of hydrogen-bond donors (Lipinski definition) is 2. The van der Waals surface area contributed by atoms with Crippen LogP contribution in [0.25, 0.3) is 11.1 Å². The van der Waals surface area contributed by atoms with Gasteiger partial charge in [-0.05, 0) is 73.1 Å². The van der Waals surface area contributed by atoms with E-state index in [1.807, 2.05) is 50.2 Å². The van der Waals surface area contributed by atoms with Crippen LogP contribution in [0.2, 0.25) is 0 Å². The standard InChI is InChI=1S/C21H19N3O2S/c1-14-11-15(2)13-18(12-14)23-21(27)22-17-9-7-16(8-10-17)19-5-3-4-6-20(19)24(25)26/h3-13H,1-2H3,(H2,22,23,27). The zero-order chi connectivity index (χ0) is 19.4. The number of nitrogens with one attached hydrogen (secondary N) is 2. The smallest absolute Gasteiger partial charge is 0.277 e. The lowest BCUT2D eigenvalue weighted by Gasteiger charge is -2.12. The number of benzene rings is 3. The van der Waals surface area contributed by atoms with E-state index in [1.54, 1.807) is 18.2 Å². The Morgan fingerprint density at radius 2 is 1.48 bits per heavy atom. The highest BCUT2D eigenvalue weighted by molar-refractivity contribution is 7.80. The van der Waals surface area contributed by atoms with Crippen LogP contribution in [0.1, 0.15) is 11.1 Å². The molecule has 0 atom stereocenters. The largest absolute Gasteiger partial charge is 0.332 e. The second-order valence-electron chi connectivity index (χ2n) is 6.31. The Labute approximate surface area is 163 Å². The minimum atomic E-state index is -0.371. The van der Waals surface area contributed by atoms with Crippen molar-refractivity contribution in [2.45, 2.75) is 13.8 Å². The van der Waals surface area contributed by atoms with Crippen molar-refractivity contribution in [3.05, 3.63) is 88.0 Å². The molecule has 136 valence electrons. The molecular weight excluding hydrogens is 358 g/mol. The Morgan fingerprint density at radius 1 is 0.889 bits per heavy atom. The molecule has 0 saturated heterocycles. The van der Waals surface area contributed by atoms with Crippen LogP contribution in [-0.4, -0.2) is 10.0 Å². The van der Waals surface area contributed by atoms with Gasteiger partial charge in [0.05, 0.1) is 10.5 Å². The summed E-state index contributed by atoms with van der Waals surface area (Å²) >= 11 is 5.37. The molecule has 27 heavy (non-hydrogen) atoms. The van der Waals surface area contributed by atoms with Crippen molar-refractivity contribution in [1.82, 2.24) is 0 Å². The Morgan fingerprint density at radius 3 is 2.11 bits per heavy atom. The van der Waals surface area contributed by atoms with Gasteiger partial charge in [-0.3, -0.25) is 10.1 Å². The van der Waals surface area contributed by atoms with Crippen molar-refractivity contribution < 1.29 is 4.92 Å². The second kappa shape index (κ2) is 7.97. The minimum absolute atomic E-state index is 0.0882. The topological polar surface area (TPSA) is 67.2 Å². The maximum Gasteiger partial charge on any atom is 0.277 e. The minimum Gasteiger partial charge on any atom is -0.332 e. The fraction of sp³-hybridized carbons (Fsp3) is 0.0952. The van der Waals surface area contributed by atoms with E-state index in [0.717, 1.165) is 28.1 Å². The molecule has 3 aromatic rings. The maximum absolute atomic E-state index is 11.2. The van der Waals surface area contributed by atoms with Gasteiger partial charge in [0.15, 0.2) is 5.11 Å². The molecule has 0 saturated carbocycles. The summed E-state index contributed by atoms with van der Waals surface area (Å²) in [5.41, 5.74) is 5.51. The lowest BCUT2D eigenvalue weighted by molar-refractivity contribution is -0.384. The van der Waals surface area contributed by atoms with E-state index in [0.29, 0.717) is 10.7 Å². The van der Waals surface area contributed by atoms with Crippen LogP contribution in [0.4, 0.5) is 17.1 Å². The molecule has 0 amide bonds. The molecule has 2 N–H and O–H groups in total. The number of hydrogen-bond acceptors (Lipinski definition) is 3. The molecule has 0 aliphatic carbocycles. The summed E-state index contributed by atoms with van der Waals surface area (Å²) in [4.78, 5) is 10.8. The van der Waals surface area contributed by atoms with Gasteiger partial charge in [0.2, 0.25) is 0 Å². The second-order valence-corrected chi connectivity index (χ2v) is 6.72. The highest BCUT2D eigenvalue weighted by atomic mass is 32.1. The van der Waals surface area contributed by atoms with Gasteiger partial charge >= 0.3 is 0 Å². The molecule has 0 aliphatic heterocycles. The quantitative estimate of drug-likeness (QED) is 0.347. The van der Waals surface area contributed by atoms with E-state index in [1.165, 1.54) is 6.07 Å². The van der Waals surface area contributed by atoms with Crippen LogP contribution in [0, 0.1) is 24.0 Å². The molecule has 0 spiro atoms. The number of para-hydroxylation sites is 1. The molecule has 0 aliphatic rings. The Balaban J connectivity index is 1.72. The van der Waals surface area contributed by atoms with Crippen molar-refractivity contribution in [2.75, 3.05) is 10.6 Å². The molecule has 3 aromatic carbocycles. The molecule has 0 radical (unpaired) electrons. The SMILES string of the molecule is Cc1cc(C)cc(NC(=S)Nc2ccc(-c3ccccc3[N+](=O)[O-])cc2)c1.